The summed E-state index contributed by atoms with van der Waals surface area (Å²) in [4.78, 5) is 31.2. The number of anilines is 1. The molecular formula is C24H17F3N2O5. The van der Waals surface area contributed by atoms with Crippen molar-refractivity contribution in [2.24, 2.45) is 0 Å². The standard InChI is InChI=1S/C24H17F3N2O5/c1-33-17-8-2-5-14(11-17)21(30)19-20(15-6-4-10-28-13-15)29(23(32)22(19)31)16-7-3-9-18(12-16)34-24(25,26)27/h2-13,20,30H,1H3/b21-19+. The maximum atomic E-state index is 13.1. The van der Waals surface area contributed by atoms with Crippen LogP contribution in [0.25, 0.3) is 5.76 Å². The van der Waals surface area contributed by atoms with Crippen molar-refractivity contribution in [1.29, 1.82) is 0 Å². The molecule has 3 aromatic rings. The number of benzene rings is 2. The number of ketones is 1. The van der Waals surface area contributed by atoms with Crippen molar-refractivity contribution in [1.82, 2.24) is 4.98 Å². The lowest BCUT2D eigenvalue weighted by molar-refractivity contribution is -0.274. The molecule has 34 heavy (non-hydrogen) atoms. The van der Waals surface area contributed by atoms with Gasteiger partial charge in [-0.15, -0.1) is 13.2 Å². The van der Waals surface area contributed by atoms with E-state index >= 15 is 0 Å². The number of halogens is 3. The molecule has 7 nitrogen and oxygen atoms in total. The van der Waals surface area contributed by atoms with Crippen molar-refractivity contribution >= 4 is 23.1 Å². The van der Waals surface area contributed by atoms with Crippen LogP contribution in [-0.2, 0) is 9.59 Å². The highest BCUT2D eigenvalue weighted by Crippen LogP contribution is 2.43. The van der Waals surface area contributed by atoms with E-state index < -0.39 is 35.6 Å². The number of aromatic nitrogens is 1. The monoisotopic (exact) mass is 470 g/mol. The fourth-order valence-corrected chi connectivity index (χ4v) is 3.71. The van der Waals surface area contributed by atoms with E-state index in [-0.39, 0.29) is 16.8 Å². The lowest BCUT2D eigenvalue weighted by atomic mass is 9.96. The van der Waals surface area contributed by atoms with Crippen LogP contribution in [0.2, 0.25) is 0 Å². The number of aliphatic hydroxyl groups excluding tert-OH is 1. The van der Waals surface area contributed by atoms with Crippen LogP contribution in [0.3, 0.4) is 0 Å². The summed E-state index contributed by atoms with van der Waals surface area (Å²) in [5, 5.41) is 11.1. The smallest absolute Gasteiger partial charge is 0.507 e. The molecular weight excluding hydrogens is 453 g/mol. The van der Waals surface area contributed by atoms with Gasteiger partial charge in [-0.25, -0.2) is 0 Å². The third-order valence-corrected chi connectivity index (χ3v) is 5.12. The van der Waals surface area contributed by atoms with Crippen molar-refractivity contribution in [3.63, 3.8) is 0 Å². The number of nitrogens with zero attached hydrogens (tertiary/aromatic N) is 2. The molecule has 1 aliphatic heterocycles. The quantitative estimate of drug-likeness (QED) is 0.333. The molecule has 0 spiro atoms. The maximum absolute atomic E-state index is 13.1. The number of ether oxygens (including phenoxy) is 2. The third-order valence-electron chi connectivity index (χ3n) is 5.12. The Labute approximate surface area is 191 Å². The van der Waals surface area contributed by atoms with Crippen LogP contribution in [0, 0.1) is 0 Å². The zero-order valence-corrected chi connectivity index (χ0v) is 17.6. The number of rotatable bonds is 5. The summed E-state index contributed by atoms with van der Waals surface area (Å²) < 4.78 is 47.3. The van der Waals surface area contributed by atoms with Gasteiger partial charge in [0.25, 0.3) is 11.7 Å². The van der Waals surface area contributed by atoms with Crippen LogP contribution in [0.15, 0.2) is 78.6 Å². The molecule has 0 aliphatic carbocycles. The summed E-state index contributed by atoms with van der Waals surface area (Å²) in [6.45, 7) is 0. The highest BCUT2D eigenvalue weighted by molar-refractivity contribution is 6.51. The van der Waals surface area contributed by atoms with Crippen molar-refractivity contribution in [3.05, 3.63) is 89.8 Å². The number of methoxy groups -OCH3 is 1. The van der Waals surface area contributed by atoms with Gasteiger partial charge in [0.15, 0.2) is 0 Å². The Kier molecular flexibility index (Phi) is 5.97. The minimum absolute atomic E-state index is 0.0256. The third kappa shape index (κ3) is 4.42. The first-order chi connectivity index (χ1) is 16.2. The second-order valence-corrected chi connectivity index (χ2v) is 7.23. The molecule has 1 N–H and O–H groups in total. The first kappa shape index (κ1) is 22.8. The van der Waals surface area contributed by atoms with E-state index in [1.54, 1.807) is 24.3 Å². The van der Waals surface area contributed by atoms with E-state index in [4.69, 9.17) is 4.74 Å². The van der Waals surface area contributed by atoms with E-state index in [0.29, 0.717) is 11.3 Å². The maximum Gasteiger partial charge on any atom is 0.573 e. The molecule has 174 valence electrons. The number of aliphatic hydroxyl groups is 1. The largest absolute Gasteiger partial charge is 0.573 e. The van der Waals surface area contributed by atoms with E-state index in [9.17, 15) is 27.9 Å². The van der Waals surface area contributed by atoms with E-state index in [1.807, 2.05) is 0 Å². The molecule has 1 fully saturated rings. The summed E-state index contributed by atoms with van der Waals surface area (Å²) in [6.07, 6.45) is -2.06. The molecule has 2 heterocycles. The zero-order chi connectivity index (χ0) is 24.5. The van der Waals surface area contributed by atoms with Crippen LogP contribution < -0.4 is 14.4 Å². The Morgan fingerprint density at radius 2 is 1.76 bits per heavy atom. The van der Waals surface area contributed by atoms with Crippen LogP contribution in [0.4, 0.5) is 18.9 Å². The number of carbonyl (C=O) groups is 2. The van der Waals surface area contributed by atoms with Gasteiger partial charge in [-0.3, -0.25) is 19.5 Å². The lowest BCUT2D eigenvalue weighted by Gasteiger charge is -2.25. The van der Waals surface area contributed by atoms with E-state index in [2.05, 4.69) is 9.72 Å². The van der Waals surface area contributed by atoms with Crippen molar-refractivity contribution in [2.75, 3.05) is 12.0 Å². The highest BCUT2D eigenvalue weighted by atomic mass is 19.4. The van der Waals surface area contributed by atoms with Crippen LogP contribution in [-0.4, -0.2) is 35.3 Å². The van der Waals surface area contributed by atoms with Crippen LogP contribution in [0.1, 0.15) is 17.2 Å². The fraction of sp³-hybridized carbons (Fsp3) is 0.125. The summed E-state index contributed by atoms with van der Waals surface area (Å²) >= 11 is 0. The Balaban J connectivity index is 1.89. The second kappa shape index (κ2) is 8.89. The topological polar surface area (TPSA) is 89.0 Å². The minimum Gasteiger partial charge on any atom is -0.507 e. The number of pyridine rings is 1. The number of hydrogen-bond acceptors (Lipinski definition) is 6. The average Bonchev–Trinajstić information content (AvgIpc) is 3.08. The van der Waals surface area contributed by atoms with Gasteiger partial charge in [-0.2, -0.15) is 0 Å². The summed E-state index contributed by atoms with van der Waals surface area (Å²) in [5.41, 5.74) is 0.324. The number of alkyl halides is 3. The molecule has 1 amide bonds. The summed E-state index contributed by atoms with van der Waals surface area (Å²) in [7, 11) is 1.43. The number of hydrogen-bond donors (Lipinski definition) is 1. The Bertz CT molecular complexity index is 1270. The van der Waals surface area contributed by atoms with Gasteiger partial charge in [-0.1, -0.05) is 24.3 Å². The van der Waals surface area contributed by atoms with E-state index in [0.717, 1.165) is 17.0 Å². The number of carbonyl (C=O) groups excluding carboxylic acids is 2. The molecule has 0 bridgehead atoms. The van der Waals surface area contributed by atoms with Crippen molar-refractivity contribution < 1.29 is 37.3 Å². The normalized spacial score (nSPS) is 17.6. The second-order valence-electron chi connectivity index (χ2n) is 7.23. The predicted molar refractivity (Wildman–Crippen MR) is 115 cm³/mol. The molecule has 10 heteroatoms. The number of amides is 1. The molecule has 1 saturated heterocycles. The van der Waals surface area contributed by atoms with Crippen molar-refractivity contribution in [3.8, 4) is 11.5 Å². The van der Waals surface area contributed by atoms with Gasteiger partial charge in [0.05, 0.1) is 18.7 Å². The fourth-order valence-electron chi connectivity index (χ4n) is 3.71. The Morgan fingerprint density at radius 3 is 2.44 bits per heavy atom. The van der Waals surface area contributed by atoms with Gasteiger partial charge in [-0.05, 0) is 35.9 Å². The summed E-state index contributed by atoms with van der Waals surface area (Å²) in [5.74, 6) is -2.65. The van der Waals surface area contributed by atoms with Gasteiger partial charge < -0.3 is 14.6 Å². The lowest BCUT2D eigenvalue weighted by Crippen LogP contribution is -2.29. The first-order valence-electron chi connectivity index (χ1n) is 9.91. The molecule has 4 rings (SSSR count). The van der Waals surface area contributed by atoms with Gasteiger partial charge in [0, 0.05) is 29.7 Å². The molecule has 0 radical (unpaired) electrons. The zero-order valence-electron chi connectivity index (χ0n) is 17.6. The molecule has 1 unspecified atom stereocenters. The molecule has 1 atom stereocenters. The minimum atomic E-state index is -4.94. The van der Waals surface area contributed by atoms with Gasteiger partial charge in [0.1, 0.15) is 17.3 Å². The molecule has 1 aliphatic rings. The average molecular weight is 470 g/mol. The Morgan fingerprint density at radius 1 is 1.03 bits per heavy atom. The van der Waals surface area contributed by atoms with Gasteiger partial charge in [0.2, 0.25) is 0 Å². The number of Topliss-reactive ketones (excluding diaryl/α,β-unsaturated/α-hetero) is 1. The van der Waals surface area contributed by atoms with Crippen LogP contribution in [0.5, 0.6) is 11.5 Å². The SMILES string of the molecule is COc1cccc(/C(O)=C2\C(=O)C(=O)N(c3cccc(OC(F)(F)F)c3)C2c2cccnc2)c1. The molecule has 1 aromatic heterocycles. The molecule has 0 saturated carbocycles. The van der Waals surface area contributed by atoms with Crippen molar-refractivity contribution in [2.45, 2.75) is 12.4 Å². The van der Waals surface area contributed by atoms with Crippen LogP contribution >= 0.6 is 0 Å². The summed E-state index contributed by atoms with van der Waals surface area (Å²) in [6, 6.07) is 13.0. The molecule has 2 aromatic carbocycles. The Hall–Kier alpha value is -4.34. The highest BCUT2D eigenvalue weighted by Gasteiger charge is 2.47. The van der Waals surface area contributed by atoms with Gasteiger partial charge >= 0.3 is 6.36 Å². The van der Waals surface area contributed by atoms with E-state index in [1.165, 1.54) is 43.8 Å². The predicted octanol–water partition coefficient (Wildman–Crippen LogP) is 4.62. The first-order valence-corrected chi connectivity index (χ1v) is 9.91.